The molecule has 3 nitrogen and oxygen atoms in total. The summed E-state index contributed by atoms with van der Waals surface area (Å²) < 4.78 is 5.02. The third-order valence-electron chi connectivity index (χ3n) is 2.22. The van der Waals surface area contributed by atoms with E-state index < -0.39 is 0 Å². The van der Waals surface area contributed by atoms with Crippen molar-refractivity contribution in [3.05, 3.63) is 23.3 Å². The fourth-order valence-electron chi connectivity index (χ4n) is 1.52. The number of methoxy groups -OCH3 is 1. The standard InChI is InChI=1S/C10H11NO2/c1-13-9-3-2-7-6-11-5-4-8(7)10(9)12/h2-3,6,12H,4-5H2,1H3. The van der Waals surface area contributed by atoms with Crippen LogP contribution in [0, 0.1) is 0 Å². The van der Waals surface area contributed by atoms with Gasteiger partial charge in [-0.1, -0.05) is 0 Å². The van der Waals surface area contributed by atoms with Crippen LogP contribution in [0.5, 0.6) is 11.5 Å². The van der Waals surface area contributed by atoms with Gasteiger partial charge in [0.1, 0.15) is 0 Å². The van der Waals surface area contributed by atoms with E-state index in [1.54, 1.807) is 19.4 Å². The molecule has 1 N–H and O–H groups in total. The van der Waals surface area contributed by atoms with Gasteiger partial charge in [-0.05, 0) is 24.1 Å². The third kappa shape index (κ3) is 1.26. The Morgan fingerprint density at radius 1 is 1.46 bits per heavy atom. The molecule has 2 rings (SSSR count). The topological polar surface area (TPSA) is 41.8 Å². The maximum absolute atomic E-state index is 9.75. The van der Waals surface area contributed by atoms with E-state index in [1.165, 1.54) is 0 Å². The predicted molar refractivity (Wildman–Crippen MR) is 50.8 cm³/mol. The van der Waals surface area contributed by atoms with Gasteiger partial charge >= 0.3 is 0 Å². The van der Waals surface area contributed by atoms with E-state index in [-0.39, 0.29) is 5.75 Å². The number of phenolic OH excluding ortho intramolecular Hbond substituents is 1. The van der Waals surface area contributed by atoms with Crippen LogP contribution in [0.15, 0.2) is 17.1 Å². The Morgan fingerprint density at radius 2 is 2.31 bits per heavy atom. The van der Waals surface area contributed by atoms with Crippen LogP contribution in [0.2, 0.25) is 0 Å². The van der Waals surface area contributed by atoms with Gasteiger partial charge in [-0.25, -0.2) is 0 Å². The fourth-order valence-corrected chi connectivity index (χ4v) is 1.52. The molecule has 0 amide bonds. The van der Waals surface area contributed by atoms with Crippen molar-refractivity contribution < 1.29 is 9.84 Å². The largest absolute Gasteiger partial charge is 0.504 e. The SMILES string of the molecule is COc1ccc2c(c1O)CCN=C2. The van der Waals surface area contributed by atoms with E-state index in [4.69, 9.17) is 4.74 Å². The lowest BCUT2D eigenvalue weighted by atomic mass is 10.0. The van der Waals surface area contributed by atoms with E-state index in [1.807, 2.05) is 6.07 Å². The molecule has 0 radical (unpaired) electrons. The highest BCUT2D eigenvalue weighted by Crippen LogP contribution is 2.32. The number of ether oxygens (including phenoxy) is 1. The molecule has 1 heterocycles. The zero-order chi connectivity index (χ0) is 9.26. The number of nitrogens with zero attached hydrogens (tertiary/aromatic N) is 1. The lowest BCUT2D eigenvalue weighted by Gasteiger charge is -2.13. The molecule has 0 atom stereocenters. The van der Waals surface area contributed by atoms with Gasteiger partial charge in [0.05, 0.1) is 7.11 Å². The van der Waals surface area contributed by atoms with Gasteiger partial charge in [-0.15, -0.1) is 0 Å². The van der Waals surface area contributed by atoms with E-state index >= 15 is 0 Å². The predicted octanol–water partition coefficient (Wildman–Crippen LogP) is 1.38. The Bertz CT molecular complexity index is 358. The Hall–Kier alpha value is -1.51. The molecule has 3 heteroatoms. The van der Waals surface area contributed by atoms with Crippen molar-refractivity contribution in [3.8, 4) is 11.5 Å². The number of aliphatic imine (C=N–C) groups is 1. The number of phenols is 1. The summed E-state index contributed by atoms with van der Waals surface area (Å²) in [6.07, 6.45) is 2.58. The first-order valence-electron chi connectivity index (χ1n) is 4.21. The second kappa shape index (κ2) is 3.09. The summed E-state index contributed by atoms with van der Waals surface area (Å²) in [7, 11) is 1.55. The van der Waals surface area contributed by atoms with Crippen molar-refractivity contribution in [3.63, 3.8) is 0 Å². The smallest absolute Gasteiger partial charge is 0.161 e. The van der Waals surface area contributed by atoms with Crippen molar-refractivity contribution >= 4 is 6.21 Å². The molecule has 0 spiro atoms. The van der Waals surface area contributed by atoms with Gasteiger partial charge in [0, 0.05) is 18.3 Å². The van der Waals surface area contributed by atoms with Gasteiger partial charge < -0.3 is 9.84 Å². The minimum absolute atomic E-state index is 0.256. The van der Waals surface area contributed by atoms with E-state index in [2.05, 4.69) is 4.99 Å². The summed E-state index contributed by atoms with van der Waals surface area (Å²) in [5.74, 6) is 0.792. The number of rotatable bonds is 1. The number of benzene rings is 1. The fraction of sp³-hybridized carbons (Fsp3) is 0.300. The molecule has 0 fully saturated rings. The van der Waals surface area contributed by atoms with E-state index in [9.17, 15) is 5.11 Å². The molecule has 0 saturated heterocycles. The van der Waals surface area contributed by atoms with Crippen LogP contribution >= 0.6 is 0 Å². The average Bonchev–Trinajstić information content (AvgIpc) is 2.19. The quantitative estimate of drug-likeness (QED) is 0.704. The summed E-state index contributed by atoms with van der Waals surface area (Å²) >= 11 is 0. The van der Waals surface area contributed by atoms with E-state index in [0.717, 1.165) is 24.1 Å². The first-order chi connectivity index (χ1) is 6.33. The average molecular weight is 177 g/mol. The summed E-state index contributed by atoms with van der Waals surface area (Å²) in [6.45, 7) is 0.744. The summed E-state index contributed by atoms with van der Waals surface area (Å²) in [5, 5.41) is 9.75. The van der Waals surface area contributed by atoms with Crippen LogP contribution < -0.4 is 4.74 Å². The second-order valence-electron chi connectivity index (χ2n) is 2.97. The Labute approximate surface area is 76.7 Å². The van der Waals surface area contributed by atoms with Crippen molar-refractivity contribution in [2.45, 2.75) is 6.42 Å². The minimum Gasteiger partial charge on any atom is -0.504 e. The van der Waals surface area contributed by atoms with Crippen molar-refractivity contribution in [1.29, 1.82) is 0 Å². The van der Waals surface area contributed by atoms with Crippen LogP contribution in [0.4, 0.5) is 0 Å². The second-order valence-corrected chi connectivity index (χ2v) is 2.97. The maximum atomic E-state index is 9.75. The van der Waals surface area contributed by atoms with Crippen LogP contribution in [0.3, 0.4) is 0 Å². The zero-order valence-electron chi connectivity index (χ0n) is 7.45. The number of aromatic hydroxyl groups is 1. The molecule has 1 aliphatic heterocycles. The Balaban J connectivity index is 2.56. The molecule has 1 aromatic carbocycles. The van der Waals surface area contributed by atoms with Crippen LogP contribution in [0.1, 0.15) is 11.1 Å². The highest BCUT2D eigenvalue weighted by Gasteiger charge is 2.13. The summed E-state index contributed by atoms with van der Waals surface area (Å²) in [4.78, 5) is 4.14. The molecule has 0 unspecified atom stereocenters. The van der Waals surface area contributed by atoms with Gasteiger partial charge in [0.25, 0.3) is 0 Å². The molecule has 0 bridgehead atoms. The molecule has 68 valence electrons. The molecule has 0 aromatic heterocycles. The molecule has 0 aliphatic carbocycles. The Kier molecular flexibility index (Phi) is 1.93. The van der Waals surface area contributed by atoms with Crippen molar-refractivity contribution in [2.75, 3.05) is 13.7 Å². The maximum Gasteiger partial charge on any atom is 0.161 e. The summed E-state index contributed by atoms with van der Waals surface area (Å²) in [6, 6.07) is 3.67. The van der Waals surface area contributed by atoms with Gasteiger partial charge in [0.2, 0.25) is 0 Å². The van der Waals surface area contributed by atoms with Crippen LogP contribution in [0.25, 0.3) is 0 Å². The Morgan fingerprint density at radius 3 is 3.08 bits per heavy atom. The zero-order valence-corrected chi connectivity index (χ0v) is 7.45. The van der Waals surface area contributed by atoms with Gasteiger partial charge in [-0.2, -0.15) is 0 Å². The summed E-state index contributed by atoms with van der Waals surface area (Å²) in [5.41, 5.74) is 1.93. The van der Waals surface area contributed by atoms with Crippen molar-refractivity contribution in [2.24, 2.45) is 4.99 Å². The third-order valence-corrected chi connectivity index (χ3v) is 2.22. The number of fused-ring (bicyclic) bond motifs is 1. The molecule has 13 heavy (non-hydrogen) atoms. The monoisotopic (exact) mass is 177 g/mol. The lowest BCUT2D eigenvalue weighted by molar-refractivity contribution is 0.370. The lowest BCUT2D eigenvalue weighted by Crippen LogP contribution is -2.03. The molecule has 0 saturated carbocycles. The van der Waals surface area contributed by atoms with Crippen LogP contribution in [-0.2, 0) is 6.42 Å². The highest BCUT2D eigenvalue weighted by molar-refractivity contribution is 5.84. The highest BCUT2D eigenvalue weighted by atomic mass is 16.5. The normalized spacial score (nSPS) is 13.9. The van der Waals surface area contributed by atoms with Gasteiger partial charge in [-0.3, -0.25) is 4.99 Å². The van der Waals surface area contributed by atoms with Gasteiger partial charge in [0.15, 0.2) is 11.5 Å². The molecular weight excluding hydrogens is 166 g/mol. The van der Waals surface area contributed by atoms with Crippen molar-refractivity contribution in [1.82, 2.24) is 0 Å². The first-order valence-corrected chi connectivity index (χ1v) is 4.21. The number of hydrogen-bond acceptors (Lipinski definition) is 3. The first kappa shape index (κ1) is 8.10. The van der Waals surface area contributed by atoms with Crippen LogP contribution in [-0.4, -0.2) is 25.0 Å². The molecule has 1 aromatic rings. The minimum atomic E-state index is 0.256. The molecule has 1 aliphatic rings. The molecular formula is C10H11NO2. The van der Waals surface area contributed by atoms with E-state index in [0.29, 0.717) is 5.75 Å². The number of hydrogen-bond donors (Lipinski definition) is 1.